The number of benzene rings is 2. The van der Waals surface area contributed by atoms with E-state index in [-0.39, 0.29) is 5.69 Å². The lowest BCUT2D eigenvalue weighted by Gasteiger charge is -2.09. The van der Waals surface area contributed by atoms with Gasteiger partial charge >= 0.3 is 5.69 Å². The molecule has 2 heterocycles. The second-order valence-electron chi connectivity index (χ2n) is 7.12. The molecule has 0 unspecified atom stereocenters. The van der Waals surface area contributed by atoms with E-state index in [1.54, 1.807) is 11.5 Å². The Labute approximate surface area is 185 Å². The molecule has 0 atom stereocenters. The lowest BCUT2D eigenvalue weighted by molar-refractivity contribution is 0.647. The van der Waals surface area contributed by atoms with Gasteiger partial charge in [0.15, 0.2) is 0 Å². The number of nitrogens with one attached hydrogen (secondary N) is 1. The molecule has 8 heteroatoms. The van der Waals surface area contributed by atoms with Crippen molar-refractivity contribution in [3.8, 4) is 34.4 Å². The van der Waals surface area contributed by atoms with Crippen LogP contribution in [-0.4, -0.2) is 35.0 Å². The fourth-order valence-electron chi connectivity index (χ4n) is 3.45. The van der Waals surface area contributed by atoms with E-state index in [0.29, 0.717) is 31.2 Å². The van der Waals surface area contributed by atoms with Gasteiger partial charge in [-0.1, -0.05) is 66.6 Å². The summed E-state index contributed by atoms with van der Waals surface area (Å²) in [6, 6.07) is 16.0. The summed E-state index contributed by atoms with van der Waals surface area (Å²) in [5.41, 5.74) is 3.81. The summed E-state index contributed by atoms with van der Waals surface area (Å²) in [5.74, 6) is 7.11. The van der Waals surface area contributed by atoms with Crippen molar-refractivity contribution in [3.05, 3.63) is 82.6 Å². The van der Waals surface area contributed by atoms with E-state index in [1.165, 1.54) is 4.68 Å². The third-order valence-electron chi connectivity index (χ3n) is 5.06. The first-order valence-corrected chi connectivity index (χ1v) is 10.3. The minimum absolute atomic E-state index is 0.137. The molecule has 0 spiro atoms. The smallest absolute Gasteiger partial charge is 0.274 e. The van der Waals surface area contributed by atoms with Gasteiger partial charge in [0.05, 0.1) is 19.5 Å². The summed E-state index contributed by atoms with van der Waals surface area (Å²) < 4.78 is 3.16. The van der Waals surface area contributed by atoms with Gasteiger partial charge in [0, 0.05) is 5.56 Å². The molecular formula is C24H23N7O. The van der Waals surface area contributed by atoms with Crippen LogP contribution in [0, 0.1) is 11.8 Å². The highest BCUT2D eigenvalue weighted by molar-refractivity contribution is 5.80. The molecule has 32 heavy (non-hydrogen) atoms. The number of nitrogens with zero attached hydrogens (tertiary/aromatic N) is 6. The van der Waals surface area contributed by atoms with Crippen molar-refractivity contribution >= 4 is 0 Å². The number of aromatic nitrogens is 7. The van der Waals surface area contributed by atoms with Crippen LogP contribution in [0.1, 0.15) is 25.2 Å². The van der Waals surface area contributed by atoms with Crippen molar-refractivity contribution in [2.24, 2.45) is 0 Å². The van der Waals surface area contributed by atoms with Crippen LogP contribution in [0.15, 0.2) is 65.5 Å². The molecule has 0 aliphatic rings. The normalized spacial score (nSPS) is 10.9. The maximum Gasteiger partial charge on any atom is 0.346 e. The van der Waals surface area contributed by atoms with E-state index in [4.69, 9.17) is 0 Å². The van der Waals surface area contributed by atoms with Crippen molar-refractivity contribution in [2.75, 3.05) is 0 Å². The average molecular weight is 425 g/mol. The van der Waals surface area contributed by atoms with E-state index in [1.807, 2.05) is 67.6 Å². The lowest BCUT2D eigenvalue weighted by atomic mass is 9.98. The Bertz CT molecular complexity index is 1330. The molecular weight excluding hydrogens is 402 g/mol. The summed E-state index contributed by atoms with van der Waals surface area (Å²) >= 11 is 0. The molecule has 0 saturated heterocycles. The largest absolute Gasteiger partial charge is 0.346 e. The molecule has 2 aromatic carbocycles. The van der Waals surface area contributed by atoms with Gasteiger partial charge in [-0.2, -0.15) is 10.3 Å². The van der Waals surface area contributed by atoms with Gasteiger partial charge in [-0.05, 0) is 35.8 Å². The predicted octanol–water partition coefficient (Wildman–Crippen LogP) is 3.08. The van der Waals surface area contributed by atoms with Crippen LogP contribution in [0.25, 0.3) is 22.5 Å². The zero-order valence-electron chi connectivity index (χ0n) is 18.0. The second-order valence-corrected chi connectivity index (χ2v) is 7.12. The van der Waals surface area contributed by atoms with Gasteiger partial charge in [-0.3, -0.25) is 4.57 Å². The fraction of sp³-hybridized carbons (Fsp3) is 0.208. The second kappa shape index (κ2) is 9.71. The SMILES string of the molecule is CC#CCc1nn(CC=CC)c(=O)n1Cc1ccc(-c2ccccc2-c2nn[nH]n2)cc1. The van der Waals surface area contributed by atoms with E-state index in [0.717, 1.165) is 22.3 Å². The summed E-state index contributed by atoms with van der Waals surface area (Å²) in [6.07, 6.45) is 4.25. The zero-order valence-corrected chi connectivity index (χ0v) is 18.0. The molecule has 0 bridgehead atoms. The Morgan fingerprint density at radius 1 is 1.09 bits per heavy atom. The van der Waals surface area contributed by atoms with Gasteiger partial charge in [0.1, 0.15) is 5.82 Å². The molecule has 160 valence electrons. The minimum Gasteiger partial charge on any atom is -0.274 e. The number of aromatic amines is 1. The number of tetrazole rings is 1. The van der Waals surface area contributed by atoms with Gasteiger partial charge in [-0.25, -0.2) is 9.48 Å². The highest BCUT2D eigenvalue weighted by atomic mass is 16.2. The highest BCUT2D eigenvalue weighted by Gasteiger charge is 2.14. The Kier molecular flexibility index (Phi) is 6.37. The van der Waals surface area contributed by atoms with Crippen molar-refractivity contribution in [1.82, 2.24) is 35.0 Å². The van der Waals surface area contributed by atoms with Crippen LogP contribution >= 0.6 is 0 Å². The van der Waals surface area contributed by atoms with Gasteiger partial charge in [-0.15, -0.1) is 16.1 Å². The third kappa shape index (κ3) is 4.42. The van der Waals surface area contributed by atoms with E-state index >= 15 is 0 Å². The van der Waals surface area contributed by atoms with Crippen LogP contribution in [0.4, 0.5) is 0 Å². The van der Waals surface area contributed by atoms with Crippen molar-refractivity contribution in [2.45, 2.75) is 33.4 Å². The Morgan fingerprint density at radius 2 is 1.88 bits per heavy atom. The molecule has 0 aliphatic heterocycles. The standard InChI is InChI=1S/C24H23N7O/c1-3-5-11-22-27-31(16-6-4-2)24(32)30(22)17-18-12-14-19(15-13-18)20-9-7-8-10-21(20)23-25-28-29-26-23/h4,6-10,12-15H,11,16-17H2,1-2H3,(H,25,26,28,29). The van der Waals surface area contributed by atoms with Crippen LogP contribution in [0.2, 0.25) is 0 Å². The molecule has 0 aliphatic carbocycles. The molecule has 0 amide bonds. The number of hydrogen-bond acceptors (Lipinski definition) is 5. The van der Waals surface area contributed by atoms with Crippen LogP contribution in [-0.2, 0) is 19.5 Å². The summed E-state index contributed by atoms with van der Waals surface area (Å²) in [7, 11) is 0. The first-order valence-electron chi connectivity index (χ1n) is 10.3. The van der Waals surface area contributed by atoms with Crippen LogP contribution in [0.5, 0.6) is 0 Å². The van der Waals surface area contributed by atoms with Crippen molar-refractivity contribution < 1.29 is 0 Å². The first kappa shape index (κ1) is 21.0. The number of rotatable bonds is 7. The third-order valence-corrected chi connectivity index (χ3v) is 5.06. The quantitative estimate of drug-likeness (QED) is 0.363. The Balaban J connectivity index is 1.63. The molecule has 8 nitrogen and oxygen atoms in total. The van der Waals surface area contributed by atoms with Gasteiger partial charge < -0.3 is 0 Å². The van der Waals surface area contributed by atoms with Crippen molar-refractivity contribution in [3.63, 3.8) is 0 Å². The molecule has 1 N–H and O–H groups in total. The number of hydrogen-bond donors (Lipinski definition) is 1. The number of H-pyrrole nitrogens is 1. The first-order chi connectivity index (χ1) is 15.7. The zero-order chi connectivity index (χ0) is 22.3. The topological polar surface area (TPSA) is 94.3 Å². The van der Waals surface area contributed by atoms with E-state index < -0.39 is 0 Å². The average Bonchev–Trinajstić information content (AvgIpc) is 3.46. The van der Waals surface area contributed by atoms with E-state index in [2.05, 4.69) is 37.6 Å². The van der Waals surface area contributed by atoms with Gasteiger partial charge in [0.25, 0.3) is 0 Å². The maximum absolute atomic E-state index is 12.9. The Morgan fingerprint density at radius 3 is 2.56 bits per heavy atom. The predicted molar refractivity (Wildman–Crippen MR) is 123 cm³/mol. The van der Waals surface area contributed by atoms with E-state index in [9.17, 15) is 4.79 Å². The molecule has 2 aromatic heterocycles. The molecule has 0 radical (unpaired) electrons. The number of allylic oxidation sites excluding steroid dienone is 2. The van der Waals surface area contributed by atoms with Crippen LogP contribution in [0.3, 0.4) is 0 Å². The highest BCUT2D eigenvalue weighted by Crippen LogP contribution is 2.29. The summed E-state index contributed by atoms with van der Waals surface area (Å²) in [6.45, 7) is 4.58. The Hall–Kier alpha value is -4.25. The minimum atomic E-state index is -0.137. The summed E-state index contributed by atoms with van der Waals surface area (Å²) in [4.78, 5) is 12.9. The van der Waals surface area contributed by atoms with Crippen LogP contribution < -0.4 is 5.69 Å². The maximum atomic E-state index is 12.9. The lowest BCUT2D eigenvalue weighted by Crippen LogP contribution is -2.25. The molecule has 4 rings (SSSR count). The fourth-order valence-corrected chi connectivity index (χ4v) is 3.45. The van der Waals surface area contributed by atoms with Crippen molar-refractivity contribution in [1.29, 1.82) is 0 Å². The molecule has 4 aromatic rings. The summed E-state index contributed by atoms with van der Waals surface area (Å²) in [5, 5.41) is 18.8. The van der Waals surface area contributed by atoms with Gasteiger partial charge in [0.2, 0.25) is 5.82 Å². The monoisotopic (exact) mass is 425 g/mol. The molecule has 0 fully saturated rings. The molecule has 0 saturated carbocycles.